The van der Waals surface area contributed by atoms with E-state index >= 15 is 0 Å². The molecule has 0 fully saturated rings. The van der Waals surface area contributed by atoms with Gasteiger partial charge in [0.05, 0.1) is 27.9 Å². The Morgan fingerprint density at radius 2 is 1.75 bits per heavy atom. The molecule has 2 aromatic rings. The van der Waals surface area contributed by atoms with Gasteiger partial charge < -0.3 is 24.8 Å². The van der Waals surface area contributed by atoms with Crippen molar-refractivity contribution in [2.24, 2.45) is 4.99 Å². The second-order valence-corrected chi connectivity index (χ2v) is 5.73. The van der Waals surface area contributed by atoms with E-state index in [9.17, 15) is 0 Å². The Kier molecular flexibility index (Phi) is 11.1. The lowest BCUT2D eigenvalue weighted by Crippen LogP contribution is -2.38. The fourth-order valence-corrected chi connectivity index (χ4v) is 2.59. The summed E-state index contributed by atoms with van der Waals surface area (Å²) in [4.78, 5) is 8.97. The molecule has 0 spiro atoms. The molecule has 0 saturated carbocycles. The zero-order valence-electron chi connectivity index (χ0n) is 16.8. The van der Waals surface area contributed by atoms with Crippen molar-refractivity contribution in [1.82, 2.24) is 15.6 Å². The lowest BCUT2D eigenvalue weighted by Gasteiger charge is -2.14. The molecule has 0 aliphatic rings. The average molecular weight is 500 g/mol. The molecule has 0 atom stereocenters. The predicted molar refractivity (Wildman–Crippen MR) is 122 cm³/mol. The van der Waals surface area contributed by atoms with Gasteiger partial charge in [-0.25, -0.2) is 4.99 Å². The molecule has 0 aliphatic carbocycles. The average Bonchev–Trinajstić information content (AvgIpc) is 2.71. The summed E-state index contributed by atoms with van der Waals surface area (Å²) in [5.74, 6) is 2.57. The van der Waals surface area contributed by atoms with Gasteiger partial charge in [0, 0.05) is 31.4 Å². The van der Waals surface area contributed by atoms with E-state index in [1.807, 2.05) is 37.3 Å². The van der Waals surface area contributed by atoms with E-state index in [1.165, 1.54) is 0 Å². The highest BCUT2D eigenvalue weighted by molar-refractivity contribution is 14.0. The molecule has 2 N–H and O–H groups in total. The number of rotatable bonds is 9. The van der Waals surface area contributed by atoms with Crippen LogP contribution in [0.1, 0.15) is 18.2 Å². The highest BCUT2D eigenvalue weighted by Crippen LogP contribution is 2.38. The van der Waals surface area contributed by atoms with Crippen molar-refractivity contribution in [2.75, 3.05) is 34.4 Å². The molecule has 8 heteroatoms. The van der Waals surface area contributed by atoms with Gasteiger partial charge in [-0.3, -0.25) is 4.98 Å². The number of benzene rings is 1. The van der Waals surface area contributed by atoms with Crippen molar-refractivity contribution in [3.63, 3.8) is 0 Å². The first kappa shape index (κ1) is 23.8. The number of methoxy groups -OCH3 is 3. The summed E-state index contributed by atoms with van der Waals surface area (Å²) in [6.07, 6.45) is 2.63. The van der Waals surface area contributed by atoms with Crippen LogP contribution < -0.4 is 24.8 Å². The van der Waals surface area contributed by atoms with E-state index in [2.05, 4.69) is 20.6 Å². The molecule has 0 unspecified atom stereocenters. The summed E-state index contributed by atoms with van der Waals surface area (Å²) in [5, 5.41) is 6.58. The Morgan fingerprint density at radius 1 is 1.04 bits per heavy atom. The summed E-state index contributed by atoms with van der Waals surface area (Å²) in [6.45, 7) is 4.05. The molecule has 28 heavy (non-hydrogen) atoms. The van der Waals surface area contributed by atoms with Crippen LogP contribution in [-0.4, -0.2) is 45.4 Å². The summed E-state index contributed by atoms with van der Waals surface area (Å²) in [6, 6.07) is 9.73. The zero-order chi connectivity index (χ0) is 19.5. The number of guanidine groups is 1. The number of pyridine rings is 1. The molecule has 0 radical (unpaired) electrons. The lowest BCUT2D eigenvalue weighted by atomic mass is 10.2. The number of nitrogens with zero attached hydrogens (tertiary/aromatic N) is 2. The third-order valence-corrected chi connectivity index (χ3v) is 3.89. The highest BCUT2D eigenvalue weighted by atomic mass is 127. The third-order valence-electron chi connectivity index (χ3n) is 3.89. The quantitative estimate of drug-likeness (QED) is 0.313. The van der Waals surface area contributed by atoms with Gasteiger partial charge in [0.2, 0.25) is 5.75 Å². The molecule has 1 heterocycles. The first-order valence-corrected chi connectivity index (χ1v) is 8.92. The van der Waals surface area contributed by atoms with Gasteiger partial charge in [0.1, 0.15) is 0 Å². The fourth-order valence-electron chi connectivity index (χ4n) is 2.59. The molecule has 0 amide bonds. The monoisotopic (exact) mass is 500 g/mol. The van der Waals surface area contributed by atoms with Crippen molar-refractivity contribution >= 4 is 29.9 Å². The number of aromatic nitrogens is 1. The van der Waals surface area contributed by atoms with Gasteiger partial charge in [-0.05, 0) is 36.8 Å². The number of hydrogen-bond acceptors (Lipinski definition) is 5. The number of aliphatic imine (C=N–C) groups is 1. The topological polar surface area (TPSA) is 77.0 Å². The Labute approximate surface area is 183 Å². The molecule has 154 valence electrons. The number of nitrogens with one attached hydrogen (secondary N) is 2. The molecular weight excluding hydrogens is 471 g/mol. The minimum absolute atomic E-state index is 0. The number of halogens is 1. The van der Waals surface area contributed by atoms with E-state index < -0.39 is 0 Å². The summed E-state index contributed by atoms with van der Waals surface area (Å²) < 4.78 is 16.1. The van der Waals surface area contributed by atoms with Gasteiger partial charge in [0.15, 0.2) is 17.5 Å². The van der Waals surface area contributed by atoms with E-state index in [0.717, 1.165) is 36.7 Å². The Bertz CT molecular complexity index is 716. The minimum atomic E-state index is 0. The Hall–Kier alpha value is -2.23. The van der Waals surface area contributed by atoms with Crippen molar-refractivity contribution in [1.29, 1.82) is 0 Å². The Morgan fingerprint density at radius 3 is 2.29 bits per heavy atom. The summed E-state index contributed by atoms with van der Waals surface area (Å²) >= 11 is 0. The van der Waals surface area contributed by atoms with Crippen molar-refractivity contribution < 1.29 is 14.2 Å². The van der Waals surface area contributed by atoms with Crippen LogP contribution in [0.2, 0.25) is 0 Å². The Balaban J connectivity index is 0.00000392. The van der Waals surface area contributed by atoms with Crippen molar-refractivity contribution in [2.45, 2.75) is 19.9 Å². The third kappa shape index (κ3) is 7.06. The smallest absolute Gasteiger partial charge is 0.203 e. The fraction of sp³-hybridized carbons (Fsp3) is 0.400. The van der Waals surface area contributed by atoms with Gasteiger partial charge in [-0.2, -0.15) is 0 Å². The van der Waals surface area contributed by atoms with Crippen LogP contribution in [-0.2, 0) is 13.0 Å². The highest BCUT2D eigenvalue weighted by Gasteiger charge is 2.13. The molecule has 0 saturated heterocycles. The molecule has 0 bridgehead atoms. The first-order chi connectivity index (χ1) is 13.2. The maximum Gasteiger partial charge on any atom is 0.203 e. The van der Waals surface area contributed by atoms with Crippen LogP contribution in [0, 0.1) is 0 Å². The predicted octanol–water partition coefficient (Wildman–Crippen LogP) is 3.02. The zero-order valence-corrected chi connectivity index (χ0v) is 19.2. The molecule has 7 nitrogen and oxygen atoms in total. The van der Waals surface area contributed by atoms with E-state index in [-0.39, 0.29) is 24.0 Å². The number of ether oxygens (including phenoxy) is 3. The van der Waals surface area contributed by atoms with Gasteiger partial charge in [0.25, 0.3) is 0 Å². The molecule has 2 rings (SSSR count). The van der Waals surface area contributed by atoms with Gasteiger partial charge in [-0.15, -0.1) is 24.0 Å². The largest absolute Gasteiger partial charge is 0.493 e. The second kappa shape index (κ2) is 13.0. The minimum Gasteiger partial charge on any atom is -0.493 e. The van der Waals surface area contributed by atoms with Gasteiger partial charge in [-0.1, -0.05) is 6.07 Å². The SMILES string of the molecule is CCNC(=NCc1cc(OC)c(OC)c(OC)c1)NCCc1ccccn1.I. The van der Waals surface area contributed by atoms with Crippen LogP contribution >= 0.6 is 24.0 Å². The van der Waals surface area contributed by atoms with Crippen LogP contribution in [0.25, 0.3) is 0 Å². The summed E-state index contributed by atoms with van der Waals surface area (Å²) in [7, 11) is 4.80. The molecular formula is C20H29IN4O3. The van der Waals surface area contributed by atoms with Crippen molar-refractivity contribution in [3.05, 3.63) is 47.8 Å². The standard InChI is InChI=1S/C20H28N4O3.HI/c1-5-21-20(23-11-9-16-8-6-7-10-22-16)24-14-15-12-17(25-2)19(27-4)18(13-15)26-3;/h6-8,10,12-13H,5,9,11,14H2,1-4H3,(H2,21,23,24);1H. The molecule has 0 aliphatic heterocycles. The van der Waals surface area contributed by atoms with E-state index in [1.54, 1.807) is 27.5 Å². The van der Waals surface area contributed by atoms with Crippen LogP contribution in [0.5, 0.6) is 17.2 Å². The maximum atomic E-state index is 5.40. The van der Waals surface area contributed by atoms with Crippen LogP contribution in [0.4, 0.5) is 0 Å². The van der Waals surface area contributed by atoms with Crippen molar-refractivity contribution in [3.8, 4) is 17.2 Å². The normalized spacial score (nSPS) is 10.6. The van der Waals surface area contributed by atoms with Crippen LogP contribution in [0.3, 0.4) is 0 Å². The molecule has 1 aromatic carbocycles. The van der Waals surface area contributed by atoms with E-state index in [4.69, 9.17) is 14.2 Å². The first-order valence-electron chi connectivity index (χ1n) is 8.92. The number of hydrogen-bond donors (Lipinski definition) is 2. The van der Waals surface area contributed by atoms with E-state index in [0.29, 0.717) is 23.8 Å². The maximum absolute atomic E-state index is 5.40. The lowest BCUT2D eigenvalue weighted by molar-refractivity contribution is 0.324. The molecule has 1 aromatic heterocycles. The second-order valence-electron chi connectivity index (χ2n) is 5.73. The summed E-state index contributed by atoms with van der Waals surface area (Å²) in [5.41, 5.74) is 2.01. The van der Waals surface area contributed by atoms with Gasteiger partial charge >= 0.3 is 0 Å². The van der Waals surface area contributed by atoms with Crippen LogP contribution in [0.15, 0.2) is 41.5 Å².